The Labute approximate surface area is 110 Å². The molecule has 0 heterocycles. The molecule has 0 fully saturated rings. The molecule has 0 aromatic rings. The van der Waals surface area contributed by atoms with E-state index in [1.165, 1.54) is 38.6 Å². The molecule has 3 atom stereocenters. The van der Waals surface area contributed by atoms with Crippen LogP contribution in [0.15, 0.2) is 0 Å². The standard InChI is InChI=1S/C16H35N/c1-8-11-12-14(4)13-17(7)16(6,10-3)15(5)9-2/h14-15H,8-13H2,1-7H3/t14?,15?,16-/m1/s1. The predicted molar refractivity (Wildman–Crippen MR) is 79.5 cm³/mol. The van der Waals surface area contributed by atoms with E-state index in [0.717, 1.165) is 11.8 Å². The summed E-state index contributed by atoms with van der Waals surface area (Å²) in [7, 11) is 2.32. The van der Waals surface area contributed by atoms with Crippen molar-refractivity contribution in [3.63, 3.8) is 0 Å². The van der Waals surface area contributed by atoms with E-state index in [4.69, 9.17) is 0 Å². The third kappa shape index (κ3) is 4.99. The summed E-state index contributed by atoms with van der Waals surface area (Å²) in [6.07, 6.45) is 6.60. The van der Waals surface area contributed by atoms with Gasteiger partial charge in [0.05, 0.1) is 0 Å². The van der Waals surface area contributed by atoms with Crippen LogP contribution in [0.4, 0.5) is 0 Å². The zero-order valence-corrected chi connectivity index (χ0v) is 13.3. The fourth-order valence-corrected chi connectivity index (χ4v) is 2.75. The maximum absolute atomic E-state index is 2.61. The van der Waals surface area contributed by atoms with Crippen LogP contribution in [0.25, 0.3) is 0 Å². The summed E-state index contributed by atoms with van der Waals surface area (Å²) in [5, 5.41) is 0. The largest absolute Gasteiger partial charge is 0.300 e. The highest BCUT2D eigenvalue weighted by Gasteiger charge is 2.32. The molecule has 0 aliphatic heterocycles. The highest BCUT2D eigenvalue weighted by molar-refractivity contribution is 4.88. The van der Waals surface area contributed by atoms with E-state index in [1.54, 1.807) is 0 Å². The minimum atomic E-state index is 0.370. The van der Waals surface area contributed by atoms with Crippen molar-refractivity contribution in [1.82, 2.24) is 4.90 Å². The van der Waals surface area contributed by atoms with E-state index in [2.05, 4.69) is 53.5 Å². The van der Waals surface area contributed by atoms with Crippen LogP contribution in [0.5, 0.6) is 0 Å². The number of hydrogen-bond donors (Lipinski definition) is 0. The topological polar surface area (TPSA) is 3.24 Å². The Hall–Kier alpha value is -0.0400. The summed E-state index contributed by atoms with van der Waals surface area (Å²) in [6, 6.07) is 0. The van der Waals surface area contributed by atoms with E-state index >= 15 is 0 Å². The lowest BCUT2D eigenvalue weighted by molar-refractivity contribution is 0.0586. The van der Waals surface area contributed by atoms with E-state index in [-0.39, 0.29) is 0 Å². The van der Waals surface area contributed by atoms with Gasteiger partial charge in [-0.15, -0.1) is 0 Å². The van der Waals surface area contributed by atoms with Gasteiger partial charge in [0.15, 0.2) is 0 Å². The van der Waals surface area contributed by atoms with E-state index in [9.17, 15) is 0 Å². The van der Waals surface area contributed by atoms with Crippen molar-refractivity contribution in [3.05, 3.63) is 0 Å². The zero-order valence-electron chi connectivity index (χ0n) is 13.3. The molecule has 0 N–H and O–H groups in total. The van der Waals surface area contributed by atoms with E-state index in [0.29, 0.717) is 5.54 Å². The van der Waals surface area contributed by atoms with Crippen molar-refractivity contribution < 1.29 is 0 Å². The molecule has 0 saturated heterocycles. The number of nitrogens with zero attached hydrogens (tertiary/aromatic N) is 1. The first-order chi connectivity index (χ1) is 7.92. The highest BCUT2D eigenvalue weighted by Crippen LogP contribution is 2.30. The molecule has 0 bridgehead atoms. The van der Waals surface area contributed by atoms with Gasteiger partial charge < -0.3 is 4.90 Å². The molecule has 0 saturated carbocycles. The van der Waals surface area contributed by atoms with Crippen LogP contribution in [-0.2, 0) is 0 Å². The van der Waals surface area contributed by atoms with Crippen LogP contribution in [0.3, 0.4) is 0 Å². The molecule has 0 amide bonds. The average molecular weight is 241 g/mol. The second-order valence-electron chi connectivity index (χ2n) is 6.15. The lowest BCUT2D eigenvalue weighted by atomic mass is 9.81. The minimum Gasteiger partial charge on any atom is -0.300 e. The van der Waals surface area contributed by atoms with Gasteiger partial charge in [0.1, 0.15) is 0 Å². The second-order valence-corrected chi connectivity index (χ2v) is 6.15. The van der Waals surface area contributed by atoms with E-state index in [1.807, 2.05) is 0 Å². The lowest BCUT2D eigenvalue weighted by Crippen LogP contribution is -2.49. The van der Waals surface area contributed by atoms with Crippen molar-refractivity contribution in [2.24, 2.45) is 11.8 Å². The van der Waals surface area contributed by atoms with Crippen molar-refractivity contribution in [1.29, 1.82) is 0 Å². The summed E-state index contributed by atoms with van der Waals surface area (Å²) < 4.78 is 0. The summed E-state index contributed by atoms with van der Waals surface area (Å²) in [6.45, 7) is 15.4. The fraction of sp³-hybridized carbons (Fsp3) is 1.00. The molecule has 2 unspecified atom stereocenters. The van der Waals surface area contributed by atoms with Gasteiger partial charge >= 0.3 is 0 Å². The molecule has 0 aromatic carbocycles. The molecule has 0 aliphatic carbocycles. The van der Waals surface area contributed by atoms with Crippen LogP contribution in [0, 0.1) is 11.8 Å². The smallest absolute Gasteiger partial charge is 0.0201 e. The molecule has 0 aromatic heterocycles. The van der Waals surface area contributed by atoms with Gasteiger partial charge in [-0.05, 0) is 38.6 Å². The van der Waals surface area contributed by atoms with Gasteiger partial charge in [-0.3, -0.25) is 0 Å². The predicted octanol–water partition coefficient (Wildman–Crippen LogP) is 4.96. The Morgan fingerprint density at radius 1 is 1.12 bits per heavy atom. The van der Waals surface area contributed by atoms with Crippen LogP contribution in [0.2, 0.25) is 0 Å². The Morgan fingerprint density at radius 3 is 2.12 bits per heavy atom. The first-order valence-corrected chi connectivity index (χ1v) is 7.63. The van der Waals surface area contributed by atoms with E-state index < -0.39 is 0 Å². The molecular weight excluding hydrogens is 206 g/mol. The van der Waals surface area contributed by atoms with Gasteiger partial charge in [0, 0.05) is 12.1 Å². The summed E-state index contributed by atoms with van der Waals surface area (Å²) in [5.74, 6) is 1.60. The summed E-state index contributed by atoms with van der Waals surface area (Å²) in [4.78, 5) is 2.61. The molecule has 104 valence electrons. The van der Waals surface area contributed by atoms with Crippen molar-refractivity contribution >= 4 is 0 Å². The maximum atomic E-state index is 2.61. The quantitative estimate of drug-likeness (QED) is 0.551. The van der Waals surface area contributed by atoms with Crippen molar-refractivity contribution in [3.8, 4) is 0 Å². The number of hydrogen-bond acceptors (Lipinski definition) is 1. The van der Waals surface area contributed by atoms with Gasteiger partial charge in [-0.2, -0.15) is 0 Å². The Kier molecular flexibility index (Phi) is 8.11. The van der Waals surface area contributed by atoms with Crippen LogP contribution in [-0.4, -0.2) is 24.0 Å². The molecule has 1 nitrogen and oxygen atoms in total. The third-order valence-corrected chi connectivity index (χ3v) is 4.90. The Balaban J connectivity index is 4.38. The second kappa shape index (κ2) is 8.13. The molecular formula is C16H35N. The monoisotopic (exact) mass is 241 g/mol. The summed E-state index contributed by atoms with van der Waals surface area (Å²) in [5.41, 5.74) is 0.370. The van der Waals surface area contributed by atoms with Crippen LogP contribution >= 0.6 is 0 Å². The molecule has 1 heteroatoms. The molecule has 17 heavy (non-hydrogen) atoms. The SMILES string of the molecule is CCCCC(C)CN(C)[C@](C)(CC)C(C)CC. The maximum Gasteiger partial charge on any atom is 0.0201 e. The van der Waals surface area contributed by atoms with Gasteiger partial charge in [-0.25, -0.2) is 0 Å². The van der Waals surface area contributed by atoms with Gasteiger partial charge in [0.25, 0.3) is 0 Å². The Morgan fingerprint density at radius 2 is 1.71 bits per heavy atom. The zero-order chi connectivity index (χ0) is 13.5. The fourth-order valence-electron chi connectivity index (χ4n) is 2.75. The Bertz CT molecular complexity index is 190. The summed E-state index contributed by atoms with van der Waals surface area (Å²) >= 11 is 0. The molecule has 0 aliphatic rings. The van der Waals surface area contributed by atoms with Crippen LogP contribution < -0.4 is 0 Å². The minimum absolute atomic E-state index is 0.370. The normalized spacial score (nSPS) is 19.1. The van der Waals surface area contributed by atoms with Crippen molar-refractivity contribution in [2.75, 3.05) is 13.6 Å². The van der Waals surface area contributed by atoms with Gasteiger partial charge in [0.2, 0.25) is 0 Å². The number of rotatable bonds is 9. The van der Waals surface area contributed by atoms with Gasteiger partial charge in [-0.1, -0.05) is 53.9 Å². The molecule has 0 rings (SSSR count). The first kappa shape index (κ1) is 17.0. The molecule has 0 spiro atoms. The van der Waals surface area contributed by atoms with Crippen LogP contribution in [0.1, 0.15) is 73.6 Å². The third-order valence-electron chi connectivity index (χ3n) is 4.90. The lowest BCUT2D eigenvalue weighted by Gasteiger charge is -2.44. The molecule has 0 radical (unpaired) electrons. The highest BCUT2D eigenvalue weighted by atomic mass is 15.2. The van der Waals surface area contributed by atoms with Crippen molar-refractivity contribution in [2.45, 2.75) is 79.2 Å². The first-order valence-electron chi connectivity index (χ1n) is 7.63. The number of unbranched alkanes of at least 4 members (excludes halogenated alkanes) is 1. The average Bonchev–Trinajstić information content (AvgIpc) is 2.33.